The second kappa shape index (κ2) is 11.4. The molecule has 0 aliphatic rings. The molecule has 0 aromatic rings. The predicted octanol–water partition coefficient (Wildman–Crippen LogP) is 4.34. The van der Waals surface area contributed by atoms with Crippen molar-refractivity contribution in [2.24, 2.45) is 4.99 Å². The van der Waals surface area contributed by atoms with Gasteiger partial charge in [-0.05, 0) is 19.3 Å². The molecular weight excluding hydrogens is 158 g/mol. The summed E-state index contributed by atoms with van der Waals surface area (Å²) >= 11 is 0. The Morgan fingerprint density at radius 2 is 1.69 bits per heavy atom. The highest BCUT2D eigenvalue weighted by Crippen LogP contribution is 1.97. The van der Waals surface area contributed by atoms with Crippen LogP contribution in [0.2, 0.25) is 0 Å². The Morgan fingerprint density at radius 3 is 2.38 bits per heavy atom. The van der Waals surface area contributed by atoms with Crippen LogP contribution < -0.4 is 0 Å². The van der Waals surface area contributed by atoms with Crippen LogP contribution in [0.4, 0.5) is 0 Å². The largest absolute Gasteiger partial charge is 0.269 e. The van der Waals surface area contributed by atoms with Gasteiger partial charge in [0.15, 0.2) is 0 Å². The van der Waals surface area contributed by atoms with E-state index in [9.17, 15) is 0 Å². The zero-order valence-electron chi connectivity index (χ0n) is 9.13. The van der Waals surface area contributed by atoms with Crippen molar-refractivity contribution in [2.45, 2.75) is 58.8 Å². The van der Waals surface area contributed by atoms with Crippen LogP contribution in [-0.4, -0.2) is 6.21 Å². The third kappa shape index (κ3) is 11.4. The smallest absolute Gasteiger partial charge is 0.0223 e. The van der Waals surface area contributed by atoms with E-state index in [0.717, 1.165) is 6.42 Å². The van der Waals surface area contributed by atoms with E-state index in [0.29, 0.717) is 0 Å². The fraction of sp³-hybridized carbons (Fsp3) is 0.750. The predicted molar refractivity (Wildman–Crippen MR) is 61.3 cm³/mol. The Hall–Kier alpha value is -0.590. The standard InChI is InChI=1S/C12H23N/c1-3-5-7-9-11-13-12-10-8-6-4-2/h9,11-12H,3-8,10H2,1-2H3. The Bertz CT molecular complexity index is 136. The van der Waals surface area contributed by atoms with Crippen molar-refractivity contribution in [1.82, 2.24) is 0 Å². The number of unbranched alkanes of at least 4 members (excludes halogenated alkanes) is 5. The van der Waals surface area contributed by atoms with Gasteiger partial charge in [0, 0.05) is 12.4 Å². The summed E-state index contributed by atoms with van der Waals surface area (Å²) in [6, 6.07) is 0. The Balaban J connectivity index is 3.15. The highest BCUT2D eigenvalue weighted by atomic mass is 14.7. The number of hydrogen-bond donors (Lipinski definition) is 0. The molecule has 0 atom stereocenters. The molecule has 0 fully saturated rings. The zero-order valence-corrected chi connectivity index (χ0v) is 9.13. The van der Waals surface area contributed by atoms with Crippen molar-refractivity contribution in [3.8, 4) is 0 Å². The number of nitrogens with zero attached hydrogens (tertiary/aromatic N) is 1. The number of rotatable bonds is 8. The molecule has 0 aromatic heterocycles. The molecule has 0 N–H and O–H groups in total. The van der Waals surface area contributed by atoms with Gasteiger partial charge in [-0.2, -0.15) is 0 Å². The van der Waals surface area contributed by atoms with Crippen LogP contribution in [0.5, 0.6) is 0 Å². The average molecular weight is 181 g/mol. The SMILES string of the molecule is CCCCC=CN=CCCCCC. The molecule has 0 rings (SSSR count). The van der Waals surface area contributed by atoms with Gasteiger partial charge in [0.1, 0.15) is 0 Å². The number of aliphatic imine (C=N–C) groups is 1. The van der Waals surface area contributed by atoms with Gasteiger partial charge < -0.3 is 0 Å². The monoisotopic (exact) mass is 181 g/mol. The van der Waals surface area contributed by atoms with Crippen LogP contribution in [-0.2, 0) is 0 Å². The molecule has 0 spiro atoms. The maximum Gasteiger partial charge on any atom is 0.0223 e. The lowest BCUT2D eigenvalue weighted by atomic mass is 10.2. The quantitative estimate of drug-likeness (QED) is 0.390. The van der Waals surface area contributed by atoms with Crippen LogP contribution in [0.3, 0.4) is 0 Å². The molecule has 1 nitrogen and oxygen atoms in total. The third-order valence-corrected chi connectivity index (χ3v) is 1.96. The summed E-state index contributed by atoms with van der Waals surface area (Å²) in [5, 5.41) is 0. The average Bonchev–Trinajstić information content (AvgIpc) is 2.16. The minimum absolute atomic E-state index is 1.13. The van der Waals surface area contributed by atoms with Gasteiger partial charge >= 0.3 is 0 Å². The summed E-state index contributed by atoms with van der Waals surface area (Å²) in [5.41, 5.74) is 0. The third-order valence-electron chi connectivity index (χ3n) is 1.96. The first kappa shape index (κ1) is 12.4. The highest BCUT2D eigenvalue weighted by Gasteiger charge is 1.80. The molecule has 1 heteroatoms. The number of hydrogen-bond acceptors (Lipinski definition) is 1. The van der Waals surface area contributed by atoms with Crippen molar-refractivity contribution in [2.75, 3.05) is 0 Å². The maximum atomic E-state index is 4.21. The Labute approximate surface area is 83.0 Å². The fourth-order valence-electron chi connectivity index (χ4n) is 1.08. The van der Waals surface area contributed by atoms with Crippen molar-refractivity contribution in [3.05, 3.63) is 12.3 Å². The van der Waals surface area contributed by atoms with E-state index in [1.807, 2.05) is 12.4 Å². The van der Waals surface area contributed by atoms with E-state index in [1.54, 1.807) is 0 Å². The van der Waals surface area contributed by atoms with Crippen molar-refractivity contribution in [3.63, 3.8) is 0 Å². The van der Waals surface area contributed by atoms with E-state index in [-0.39, 0.29) is 0 Å². The Morgan fingerprint density at radius 1 is 0.923 bits per heavy atom. The molecule has 0 saturated carbocycles. The minimum atomic E-state index is 1.13. The molecule has 0 radical (unpaired) electrons. The van der Waals surface area contributed by atoms with Crippen LogP contribution in [0.1, 0.15) is 58.8 Å². The van der Waals surface area contributed by atoms with Gasteiger partial charge in [-0.1, -0.05) is 45.6 Å². The van der Waals surface area contributed by atoms with Crippen LogP contribution in [0.15, 0.2) is 17.3 Å². The van der Waals surface area contributed by atoms with E-state index < -0.39 is 0 Å². The minimum Gasteiger partial charge on any atom is -0.269 e. The van der Waals surface area contributed by atoms with Gasteiger partial charge in [0.05, 0.1) is 0 Å². The molecule has 0 amide bonds. The van der Waals surface area contributed by atoms with Crippen LogP contribution in [0, 0.1) is 0 Å². The molecule has 0 aromatic carbocycles. The first-order valence-corrected chi connectivity index (χ1v) is 5.58. The molecular formula is C12H23N. The van der Waals surface area contributed by atoms with Crippen LogP contribution >= 0.6 is 0 Å². The van der Waals surface area contributed by atoms with E-state index in [1.165, 1.54) is 38.5 Å². The van der Waals surface area contributed by atoms with Gasteiger partial charge in [0.2, 0.25) is 0 Å². The summed E-state index contributed by atoms with van der Waals surface area (Å²) in [6.45, 7) is 4.43. The molecule has 0 aliphatic carbocycles. The summed E-state index contributed by atoms with van der Waals surface area (Å²) in [7, 11) is 0. The molecule has 0 bridgehead atoms. The topological polar surface area (TPSA) is 12.4 Å². The van der Waals surface area contributed by atoms with Gasteiger partial charge in [-0.15, -0.1) is 0 Å². The lowest BCUT2D eigenvalue weighted by molar-refractivity contribution is 0.746. The molecule has 13 heavy (non-hydrogen) atoms. The van der Waals surface area contributed by atoms with Crippen molar-refractivity contribution >= 4 is 6.21 Å². The maximum absolute atomic E-state index is 4.21. The molecule has 0 saturated heterocycles. The van der Waals surface area contributed by atoms with Gasteiger partial charge in [-0.25, -0.2) is 0 Å². The first-order chi connectivity index (χ1) is 6.41. The second-order valence-corrected chi connectivity index (χ2v) is 3.35. The summed E-state index contributed by atoms with van der Waals surface area (Å²) in [6.07, 6.45) is 14.9. The fourth-order valence-corrected chi connectivity index (χ4v) is 1.08. The molecule has 0 aliphatic heterocycles. The summed E-state index contributed by atoms with van der Waals surface area (Å²) < 4.78 is 0. The number of allylic oxidation sites excluding steroid dienone is 1. The van der Waals surface area contributed by atoms with E-state index in [2.05, 4.69) is 24.9 Å². The zero-order chi connectivity index (χ0) is 9.78. The second-order valence-electron chi connectivity index (χ2n) is 3.35. The van der Waals surface area contributed by atoms with Gasteiger partial charge in [-0.3, -0.25) is 4.99 Å². The first-order valence-electron chi connectivity index (χ1n) is 5.58. The summed E-state index contributed by atoms with van der Waals surface area (Å²) in [5.74, 6) is 0. The van der Waals surface area contributed by atoms with Crippen LogP contribution in [0.25, 0.3) is 0 Å². The van der Waals surface area contributed by atoms with Gasteiger partial charge in [0.25, 0.3) is 0 Å². The molecule has 0 heterocycles. The highest BCUT2D eigenvalue weighted by molar-refractivity contribution is 5.57. The lowest BCUT2D eigenvalue weighted by Crippen LogP contribution is -1.75. The van der Waals surface area contributed by atoms with E-state index in [4.69, 9.17) is 0 Å². The summed E-state index contributed by atoms with van der Waals surface area (Å²) in [4.78, 5) is 4.21. The normalized spacial score (nSPS) is 11.8. The van der Waals surface area contributed by atoms with Crippen molar-refractivity contribution in [1.29, 1.82) is 0 Å². The van der Waals surface area contributed by atoms with E-state index >= 15 is 0 Å². The molecule has 76 valence electrons. The lowest BCUT2D eigenvalue weighted by Gasteiger charge is -1.89. The Kier molecular flexibility index (Phi) is 10.9. The molecule has 0 unspecified atom stereocenters. The van der Waals surface area contributed by atoms with Crippen molar-refractivity contribution < 1.29 is 0 Å².